The van der Waals surface area contributed by atoms with Crippen molar-refractivity contribution in [2.24, 2.45) is 0 Å². The maximum Gasteiger partial charge on any atom is 0.00843 e. The molecule has 1 N–H and O–H groups in total. The van der Waals surface area contributed by atoms with Crippen molar-refractivity contribution in [1.82, 2.24) is 10.2 Å². The van der Waals surface area contributed by atoms with Crippen molar-refractivity contribution < 1.29 is 0 Å². The molecule has 0 aliphatic carbocycles. The minimum atomic E-state index is 0.632. The summed E-state index contributed by atoms with van der Waals surface area (Å²) in [5, 5.41) is 3.57. The Hall–Kier alpha value is -0.0800. The molecular weight excluding hydrogens is 196 g/mol. The van der Waals surface area contributed by atoms with Gasteiger partial charge in [0, 0.05) is 18.1 Å². The summed E-state index contributed by atoms with van der Waals surface area (Å²) >= 11 is 0. The molecule has 0 aromatic rings. The third-order valence-corrected chi connectivity index (χ3v) is 3.15. The fourth-order valence-electron chi connectivity index (χ4n) is 2.37. The minimum absolute atomic E-state index is 0.632. The zero-order valence-corrected chi connectivity index (χ0v) is 12.2. The van der Waals surface area contributed by atoms with Crippen LogP contribution in [-0.2, 0) is 0 Å². The Morgan fingerprint density at radius 1 is 1.00 bits per heavy atom. The van der Waals surface area contributed by atoms with E-state index < -0.39 is 0 Å². The van der Waals surface area contributed by atoms with Crippen LogP contribution in [0.1, 0.15) is 60.8 Å². The molecule has 16 heavy (non-hydrogen) atoms. The van der Waals surface area contributed by atoms with Crippen molar-refractivity contribution in [3.05, 3.63) is 0 Å². The van der Waals surface area contributed by atoms with Gasteiger partial charge in [0.15, 0.2) is 0 Å². The number of hydrogen-bond donors (Lipinski definition) is 1. The minimum Gasteiger partial charge on any atom is -0.314 e. The second kappa shape index (κ2) is 9.00. The van der Waals surface area contributed by atoms with Crippen LogP contribution in [0.2, 0.25) is 0 Å². The van der Waals surface area contributed by atoms with E-state index in [1.807, 2.05) is 0 Å². The van der Waals surface area contributed by atoms with Gasteiger partial charge in [0.1, 0.15) is 0 Å². The van der Waals surface area contributed by atoms with Crippen LogP contribution < -0.4 is 5.32 Å². The largest absolute Gasteiger partial charge is 0.314 e. The van der Waals surface area contributed by atoms with Gasteiger partial charge in [-0.05, 0) is 60.0 Å². The Bertz CT molecular complexity index is 157. The lowest BCUT2D eigenvalue weighted by atomic mass is 10.1. The monoisotopic (exact) mass is 228 g/mol. The average molecular weight is 228 g/mol. The van der Waals surface area contributed by atoms with E-state index in [-0.39, 0.29) is 0 Å². The zero-order chi connectivity index (χ0) is 12.6. The van der Waals surface area contributed by atoms with E-state index in [1.54, 1.807) is 0 Å². The maximum atomic E-state index is 3.57. The predicted octanol–water partition coefficient (Wildman–Crippen LogP) is 3.27. The van der Waals surface area contributed by atoms with Crippen molar-refractivity contribution in [2.75, 3.05) is 13.1 Å². The molecular formula is C14H32N2. The van der Waals surface area contributed by atoms with E-state index in [2.05, 4.69) is 51.8 Å². The van der Waals surface area contributed by atoms with Gasteiger partial charge < -0.3 is 5.32 Å². The molecule has 0 rings (SSSR count). The van der Waals surface area contributed by atoms with Gasteiger partial charge in [0.2, 0.25) is 0 Å². The van der Waals surface area contributed by atoms with Crippen LogP contribution in [0.3, 0.4) is 0 Å². The topological polar surface area (TPSA) is 15.3 Å². The van der Waals surface area contributed by atoms with E-state index in [0.29, 0.717) is 18.1 Å². The Morgan fingerprint density at radius 3 is 2.06 bits per heavy atom. The first kappa shape index (κ1) is 15.9. The van der Waals surface area contributed by atoms with Crippen LogP contribution in [0, 0.1) is 0 Å². The SMILES string of the molecule is CCCNC(C)CC(C)N(CCC)C(C)C. The standard InChI is InChI=1S/C14H32N2/c1-7-9-15-13(5)11-14(6)16(10-8-2)12(3)4/h12-15H,7-11H2,1-6H3. The summed E-state index contributed by atoms with van der Waals surface area (Å²) in [4.78, 5) is 2.62. The second-order valence-electron chi connectivity index (χ2n) is 5.27. The van der Waals surface area contributed by atoms with Crippen LogP contribution in [0.4, 0.5) is 0 Å². The lowest BCUT2D eigenvalue weighted by Gasteiger charge is -2.34. The smallest absolute Gasteiger partial charge is 0.00843 e. The molecule has 0 radical (unpaired) electrons. The molecule has 0 bridgehead atoms. The number of hydrogen-bond acceptors (Lipinski definition) is 2. The quantitative estimate of drug-likeness (QED) is 0.651. The van der Waals surface area contributed by atoms with Crippen molar-refractivity contribution >= 4 is 0 Å². The molecule has 2 atom stereocenters. The molecule has 0 amide bonds. The highest BCUT2D eigenvalue weighted by molar-refractivity contribution is 4.75. The van der Waals surface area contributed by atoms with Crippen molar-refractivity contribution in [3.8, 4) is 0 Å². The number of nitrogens with zero attached hydrogens (tertiary/aromatic N) is 1. The highest BCUT2D eigenvalue weighted by atomic mass is 15.2. The molecule has 0 saturated carbocycles. The summed E-state index contributed by atoms with van der Waals surface area (Å²) in [6, 6.07) is 1.97. The summed E-state index contributed by atoms with van der Waals surface area (Å²) in [7, 11) is 0. The first-order valence-corrected chi connectivity index (χ1v) is 7.01. The van der Waals surface area contributed by atoms with Crippen LogP contribution in [0.25, 0.3) is 0 Å². The third kappa shape index (κ3) is 6.49. The summed E-state index contributed by atoms with van der Waals surface area (Å²) in [6.07, 6.45) is 3.72. The van der Waals surface area contributed by atoms with Crippen LogP contribution in [-0.4, -0.2) is 36.1 Å². The summed E-state index contributed by atoms with van der Waals surface area (Å²) < 4.78 is 0. The Morgan fingerprint density at radius 2 is 1.62 bits per heavy atom. The molecule has 2 unspecified atom stereocenters. The average Bonchev–Trinajstić information content (AvgIpc) is 2.22. The molecule has 0 aliphatic rings. The fraction of sp³-hybridized carbons (Fsp3) is 1.00. The normalized spacial score (nSPS) is 15.8. The maximum absolute atomic E-state index is 3.57. The fourth-order valence-corrected chi connectivity index (χ4v) is 2.37. The molecule has 0 aliphatic heterocycles. The van der Waals surface area contributed by atoms with Gasteiger partial charge in [-0.25, -0.2) is 0 Å². The van der Waals surface area contributed by atoms with Gasteiger partial charge >= 0.3 is 0 Å². The summed E-state index contributed by atoms with van der Waals surface area (Å²) in [6.45, 7) is 16.1. The van der Waals surface area contributed by atoms with Gasteiger partial charge in [-0.3, -0.25) is 4.90 Å². The first-order chi connectivity index (χ1) is 7.52. The van der Waals surface area contributed by atoms with Gasteiger partial charge in [-0.1, -0.05) is 13.8 Å². The number of rotatable bonds is 9. The zero-order valence-electron chi connectivity index (χ0n) is 12.2. The van der Waals surface area contributed by atoms with E-state index in [9.17, 15) is 0 Å². The van der Waals surface area contributed by atoms with Crippen molar-refractivity contribution in [3.63, 3.8) is 0 Å². The third-order valence-electron chi connectivity index (χ3n) is 3.15. The highest BCUT2D eigenvalue weighted by Gasteiger charge is 2.17. The molecule has 0 saturated heterocycles. The molecule has 0 aromatic carbocycles. The molecule has 0 fully saturated rings. The molecule has 0 heterocycles. The lowest BCUT2D eigenvalue weighted by Crippen LogP contribution is -2.43. The molecule has 2 nitrogen and oxygen atoms in total. The first-order valence-electron chi connectivity index (χ1n) is 7.01. The molecule has 2 heteroatoms. The van der Waals surface area contributed by atoms with Crippen LogP contribution in [0.15, 0.2) is 0 Å². The van der Waals surface area contributed by atoms with Gasteiger partial charge in [0.25, 0.3) is 0 Å². The summed E-state index contributed by atoms with van der Waals surface area (Å²) in [5.41, 5.74) is 0. The predicted molar refractivity (Wildman–Crippen MR) is 74.0 cm³/mol. The molecule has 0 spiro atoms. The Kier molecular flexibility index (Phi) is 8.96. The van der Waals surface area contributed by atoms with Gasteiger partial charge in [-0.2, -0.15) is 0 Å². The van der Waals surface area contributed by atoms with E-state index in [0.717, 1.165) is 6.54 Å². The molecule has 0 aromatic heterocycles. The number of nitrogens with one attached hydrogen (secondary N) is 1. The summed E-state index contributed by atoms with van der Waals surface area (Å²) in [5.74, 6) is 0. The van der Waals surface area contributed by atoms with Crippen LogP contribution in [0.5, 0.6) is 0 Å². The molecule has 98 valence electrons. The lowest BCUT2D eigenvalue weighted by molar-refractivity contribution is 0.148. The van der Waals surface area contributed by atoms with Crippen molar-refractivity contribution in [1.29, 1.82) is 0 Å². The van der Waals surface area contributed by atoms with E-state index in [1.165, 1.54) is 25.8 Å². The second-order valence-corrected chi connectivity index (χ2v) is 5.27. The highest BCUT2D eigenvalue weighted by Crippen LogP contribution is 2.11. The van der Waals surface area contributed by atoms with Gasteiger partial charge in [-0.15, -0.1) is 0 Å². The van der Waals surface area contributed by atoms with E-state index in [4.69, 9.17) is 0 Å². The van der Waals surface area contributed by atoms with Crippen LogP contribution >= 0.6 is 0 Å². The Balaban J connectivity index is 4.02. The van der Waals surface area contributed by atoms with Gasteiger partial charge in [0.05, 0.1) is 0 Å². The van der Waals surface area contributed by atoms with Crippen molar-refractivity contribution in [2.45, 2.75) is 78.9 Å². The Labute approximate surface area is 103 Å². The van der Waals surface area contributed by atoms with E-state index >= 15 is 0 Å².